The zero-order chi connectivity index (χ0) is 22.1. The number of rotatable bonds is 6. The molecule has 1 saturated heterocycles. The maximum atomic E-state index is 6.49. The van der Waals surface area contributed by atoms with E-state index < -0.39 is 6.04 Å². The third-order valence-corrected chi connectivity index (χ3v) is 5.73. The molecule has 0 saturated carbocycles. The third-order valence-electron chi connectivity index (χ3n) is 5.49. The van der Waals surface area contributed by atoms with E-state index >= 15 is 0 Å². The Balaban J connectivity index is 1.56. The Morgan fingerprint density at radius 1 is 1.22 bits per heavy atom. The van der Waals surface area contributed by atoms with Crippen LogP contribution in [-0.4, -0.2) is 39.3 Å². The molecule has 5 rings (SSSR count). The maximum absolute atomic E-state index is 6.49. The van der Waals surface area contributed by atoms with Gasteiger partial charge in [-0.15, -0.1) is 0 Å². The van der Waals surface area contributed by atoms with Crippen molar-refractivity contribution >= 4 is 28.6 Å². The van der Waals surface area contributed by atoms with Gasteiger partial charge in [0.2, 0.25) is 5.95 Å². The zero-order valence-corrected chi connectivity index (χ0v) is 18.0. The molecule has 0 aliphatic carbocycles. The molecule has 2 aromatic heterocycles. The fraction of sp³-hybridized carbons (Fsp3) is 0.261. The van der Waals surface area contributed by atoms with Crippen molar-refractivity contribution in [1.82, 2.24) is 19.9 Å². The molecule has 32 heavy (non-hydrogen) atoms. The zero-order valence-electron chi connectivity index (χ0n) is 17.3. The first-order chi connectivity index (χ1) is 15.6. The molecule has 4 aromatic rings. The van der Waals surface area contributed by atoms with Gasteiger partial charge >= 0.3 is 0 Å². The number of halogens is 1. The van der Waals surface area contributed by atoms with Gasteiger partial charge in [-0.2, -0.15) is 0 Å². The largest absolute Gasteiger partial charge is 0.489 e. The van der Waals surface area contributed by atoms with Crippen molar-refractivity contribution in [1.29, 1.82) is 0 Å². The monoisotopic (exact) mass is 450 g/mol. The number of aromatic amines is 1. The highest BCUT2D eigenvalue weighted by Gasteiger charge is 2.20. The molecule has 0 bridgehead atoms. The van der Waals surface area contributed by atoms with Crippen LogP contribution in [0.15, 0.2) is 48.7 Å². The van der Waals surface area contributed by atoms with Crippen LogP contribution in [0.2, 0.25) is 5.02 Å². The van der Waals surface area contributed by atoms with Crippen molar-refractivity contribution < 1.29 is 9.47 Å². The predicted molar refractivity (Wildman–Crippen MR) is 123 cm³/mol. The number of imidazole rings is 1. The molecule has 1 aliphatic heterocycles. The van der Waals surface area contributed by atoms with Gasteiger partial charge in [-0.1, -0.05) is 23.7 Å². The van der Waals surface area contributed by atoms with Crippen molar-refractivity contribution in [3.63, 3.8) is 0 Å². The van der Waals surface area contributed by atoms with Crippen LogP contribution in [0.25, 0.3) is 22.3 Å². The van der Waals surface area contributed by atoms with Gasteiger partial charge in [0.05, 0.1) is 23.4 Å². The number of benzene rings is 2. The van der Waals surface area contributed by atoms with Gasteiger partial charge in [-0.05, 0) is 48.7 Å². The summed E-state index contributed by atoms with van der Waals surface area (Å²) >= 11 is 6.14. The van der Waals surface area contributed by atoms with Gasteiger partial charge in [0, 0.05) is 23.4 Å². The van der Waals surface area contributed by atoms with Crippen LogP contribution in [-0.2, 0) is 4.74 Å². The summed E-state index contributed by atoms with van der Waals surface area (Å²) in [7, 11) is 0. The molecule has 1 fully saturated rings. The van der Waals surface area contributed by atoms with E-state index in [2.05, 4.69) is 15.0 Å². The van der Waals surface area contributed by atoms with Gasteiger partial charge < -0.3 is 25.9 Å². The first-order valence-electron chi connectivity index (χ1n) is 10.4. The Morgan fingerprint density at radius 3 is 2.91 bits per heavy atom. The van der Waals surface area contributed by atoms with Crippen LogP contribution in [0.4, 0.5) is 5.95 Å². The molecule has 9 heteroatoms. The number of H-pyrrole nitrogens is 1. The van der Waals surface area contributed by atoms with Gasteiger partial charge in [-0.25, -0.2) is 15.0 Å². The highest BCUT2D eigenvalue weighted by atomic mass is 35.5. The van der Waals surface area contributed by atoms with E-state index in [9.17, 15) is 0 Å². The number of aromatic nitrogens is 4. The number of hydrogen-bond acceptors (Lipinski definition) is 7. The van der Waals surface area contributed by atoms with Gasteiger partial charge in [0.1, 0.15) is 23.7 Å². The number of fused-ring (bicyclic) bond motifs is 1. The van der Waals surface area contributed by atoms with E-state index in [0.29, 0.717) is 34.4 Å². The van der Waals surface area contributed by atoms with E-state index in [-0.39, 0.29) is 12.1 Å². The van der Waals surface area contributed by atoms with E-state index in [0.717, 1.165) is 36.1 Å². The Labute approximate surface area is 189 Å². The molecule has 5 N–H and O–H groups in total. The lowest BCUT2D eigenvalue weighted by atomic mass is 10.1. The average Bonchev–Trinajstić information content (AvgIpc) is 3.46. The SMILES string of the molecule is Nc1nccc(-c2cc(OCC3CCCO3)c3nc(C(N)c4cccc(Cl)c4)[nH]c3c2)n1. The summed E-state index contributed by atoms with van der Waals surface area (Å²) in [6, 6.07) is 12.6. The summed E-state index contributed by atoms with van der Waals surface area (Å²) in [5.41, 5.74) is 16.2. The van der Waals surface area contributed by atoms with Crippen LogP contribution in [0.5, 0.6) is 5.75 Å². The van der Waals surface area contributed by atoms with Crippen LogP contribution >= 0.6 is 11.6 Å². The molecular weight excluding hydrogens is 428 g/mol. The number of anilines is 1. The van der Waals surface area contributed by atoms with Crippen LogP contribution in [0.1, 0.15) is 30.3 Å². The smallest absolute Gasteiger partial charge is 0.220 e. The number of ether oxygens (including phenoxy) is 2. The minimum atomic E-state index is -0.467. The molecule has 8 nitrogen and oxygen atoms in total. The van der Waals surface area contributed by atoms with Crippen molar-refractivity contribution in [3.05, 3.63) is 65.1 Å². The van der Waals surface area contributed by atoms with Crippen LogP contribution < -0.4 is 16.2 Å². The summed E-state index contributed by atoms with van der Waals surface area (Å²) in [6.45, 7) is 1.22. The molecule has 164 valence electrons. The predicted octanol–water partition coefficient (Wildman–Crippen LogP) is 3.86. The Bertz CT molecular complexity index is 1250. The first kappa shape index (κ1) is 20.7. The molecule has 2 atom stereocenters. The second-order valence-corrected chi connectivity index (χ2v) is 8.21. The van der Waals surface area contributed by atoms with E-state index in [4.69, 9.17) is 37.5 Å². The van der Waals surface area contributed by atoms with Crippen molar-refractivity contribution in [2.45, 2.75) is 25.0 Å². The molecule has 0 spiro atoms. The van der Waals surface area contributed by atoms with Gasteiger partial charge in [0.15, 0.2) is 0 Å². The van der Waals surface area contributed by atoms with Crippen LogP contribution in [0.3, 0.4) is 0 Å². The van der Waals surface area contributed by atoms with E-state index in [1.807, 2.05) is 36.4 Å². The number of nitrogens with two attached hydrogens (primary N) is 2. The Hall–Kier alpha value is -3.20. The quantitative estimate of drug-likeness (QED) is 0.407. The topological polar surface area (TPSA) is 125 Å². The summed E-state index contributed by atoms with van der Waals surface area (Å²) in [5, 5.41) is 0.623. The molecular formula is C23H23ClN6O2. The minimum Gasteiger partial charge on any atom is -0.489 e. The Morgan fingerprint density at radius 2 is 2.12 bits per heavy atom. The lowest BCUT2D eigenvalue weighted by molar-refractivity contribution is 0.0684. The van der Waals surface area contributed by atoms with Crippen molar-refractivity contribution in [2.24, 2.45) is 5.73 Å². The summed E-state index contributed by atoms with van der Waals surface area (Å²) < 4.78 is 11.9. The summed E-state index contributed by atoms with van der Waals surface area (Å²) in [5.74, 6) is 1.45. The molecule has 1 aliphatic rings. The highest BCUT2D eigenvalue weighted by molar-refractivity contribution is 6.30. The lowest BCUT2D eigenvalue weighted by Crippen LogP contribution is -2.16. The number of nitrogens with zero attached hydrogens (tertiary/aromatic N) is 3. The van der Waals surface area contributed by atoms with Gasteiger partial charge in [0.25, 0.3) is 0 Å². The number of nitrogens with one attached hydrogen (secondary N) is 1. The van der Waals surface area contributed by atoms with Crippen molar-refractivity contribution in [3.8, 4) is 17.0 Å². The second kappa shape index (κ2) is 8.74. The number of hydrogen-bond donors (Lipinski definition) is 3. The summed E-state index contributed by atoms with van der Waals surface area (Å²) in [6.07, 6.45) is 3.74. The lowest BCUT2D eigenvalue weighted by Gasteiger charge is -2.13. The van der Waals surface area contributed by atoms with E-state index in [1.54, 1.807) is 12.3 Å². The molecule has 0 amide bonds. The second-order valence-electron chi connectivity index (χ2n) is 7.77. The average molecular weight is 451 g/mol. The standard InChI is InChI=1S/C23H23ClN6O2/c24-15-4-1-3-13(9-15)20(25)22-28-18-10-14(17-6-7-27-23(26)29-17)11-19(21(18)30-22)32-12-16-5-2-8-31-16/h1,3-4,6-7,9-11,16,20H,2,5,8,12,25H2,(H,28,30)(H2,26,27,29). The van der Waals surface area contributed by atoms with Crippen LogP contribution in [0, 0.1) is 0 Å². The fourth-order valence-corrected chi connectivity index (χ4v) is 4.06. The molecule has 3 heterocycles. The third kappa shape index (κ3) is 4.25. The normalized spacial score (nSPS) is 17.0. The first-order valence-corrected chi connectivity index (χ1v) is 10.8. The molecule has 2 aromatic carbocycles. The molecule has 2 unspecified atom stereocenters. The minimum absolute atomic E-state index is 0.0792. The molecule has 0 radical (unpaired) electrons. The van der Waals surface area contributed by atoms with Crippen molar-refractivity contribution in [2.75, 3.05) is 18.9 Å². The van der Waals surface area contributed by atoms with E-state index in [1.165, 1.54) is 0 Å². The highest BCUT2D eigenvalue weighted by Crippen LogP contribution is 2.33. The summed E-state index contributed by atoms with van der Waals surface area (Å²) in [4.78, 5) is 16.4. The maximum Gasteiger partial charge on any atom is 0.220 e. The fourth-order valence-electron chi connectivity index (χ4n) is 3.86. The van der Waals surface area contributed by atoms with Gasteiger partial charge in [-0.3, -0.25) is 0 Å². The number of nitrogen functional groups attached to an aromatic ring is 1. The Kier molecular flexibility index (Phi) is 5.65.